The molecule has 0 saturated heterocycles. The average Bonchev–Trinajstić information content (AvgIpc) is 2.64. The average molecular weight is 354 g/mol. The molecule has 0 fully saturated rings. The van der Waals surface area contributed by atoms with E-state index in [9.17, 15) is 9.59 Å². The predicted molar refractivity (Wildman–Crippen MR) is 101 cm³/mol. The van der Waals surface area contributed by atoms with E-state index in [2.05, 4.69) is 5.32 Å². The molecule has 5 heteroatoms. The van der Waals surface area contributed by atoms with Crippen LogP contribution in [0, 0.1) is 5.92 Å². The molecule has 26 heavy (non-hydrogen) atoms. The third-order valence-electron chi connectivity index (χ3n) is 5.10. The number of esters is 1. The van der Waals surface area contributed by atoms with Gasteiger partial charge in [-0.25, -0.2) is 4.79 Å². The van der Waals surface area contributed by atoms with Gasteiger partial charge in [0.1, 0.15) is 0 Å². The number of nitrogens with zero attached hydrogens (tertiary/aromatic N) is 1. The van der Waals surface area contributed by atoms with Crippen molar-refractivity contribution in [2.75, 3.05) is 6.61 Å². The van der Waals surface area contributed by atoms with Crippen molar-refractivity contribution in [3.05, 3.63) is 41.1 Å². The smallest absolute Gasteiger partial charge is 0.339 e. The molecule has 0 spiro atoms. The van der Waals surface area contributed by atoms with Crippen molar-refractivity contribution < 1.29 is 14.3 Å². The van der Waals surface area contributed by atoms with Gasteiger partial charge in [-0.05, 0) is 50.2 Å². The van der Waals surface area contributed by atoms with Crippen LogP contribution in [0.1, 0.15) is 55.2 Å². The van der Waals surface area contributed by atoms with Crippen molar-refractivity contribution in [3.8, 4) is 0 Å². The lowest BCUT2D eigenvalue weighted by molar-refractivity contribution is -0.125. The van der Waals surface area contributed by atoms with Gasteiger partial charge in [0.05, 0.1) is 11.1 Å². The Balaban J connectivity index is 1.83. The highest BCUT2D eigenvalue weighted by Crippen LogP contribution is 2.29. The molecule has 1 N–H and O–H groups in total. The van der Waals surface area contributed by atoms with Gasteiger partial charge in [-0.1, -0.05) is 32.0 Å². The summed E-state index contributed by atoms with van der Waals surface area (Å²) in [5.74, 6) is -0.383. The molecule has 1 aliphatic carbocycles. The van der Waals surface area contributed by atoms with Crippen LogP contribution < -0.4 is 5.32 Å². The van der Waals surface area contributed by atoms with Gasteiger partial charge in [0.15, 0.2) is 6.61 Å². The summed E-state index contributed by atoms with van der Waals surface area (Å²) in [6, 6.07) is 7.66. The number of aromatic nitrogens is 1. The van der Waals surface area contributed by atoms with Gasteiger partial charge in [0.25, 0.3) is 5.91 Å². The van der Waals surface area contributed by atoms with E-state index in [1.807, 2.05) is 45.0 Å². The van der Waals surface area contributed by atoms with Gasteiger partial charge in [0.2, 0.25) is 0 Å². The summed E-state index contributed by atoms with van der Waals surface area (Å²) >= 11 is 0. The number of carbonyl (C=O) groups is 2. The minimum Gasteiger partial charge on any atom is -0.452 e. The Labute approximate surface area is 154 Å². The van der Waals surface area contributed by atoms with Crippen LogP contribution in [0.3, 0.4) is 0 Å². The van der Waals surface area contributed by atoms with Crippen LogP contribution >= 0.6 is 0 Å². The Morgan fingerprint density at radius 2 is 1.88 bits per heavy atom. The number of amides is 1. The van der Waals surface area contributed by atoms with Gasteiger partial charge < -0.3 is 10.1 Å². The van der Waals surface area contributed by atoms with Crippen LogP contribution in [0.25, 0.3) is 10.9 Å². The Kier molecular flexibility index (Phi) is 5.55. The SMILES string of the molecule is CC(C)[C@@H](C)NC(=O)COC(=O)c1c2c(nc3ccccc13)CCCC2. The fourth-order valence-electron chi connectivity index (χ4n) is 3.27. The summed E-state index contributed by atoms with van der Waals surface area (Å²) in [5, 5.41) is 3.66. The molecule has 0 aliphatic heterocycles. The molecule has 1 atom stereocenters. The summed E-state index contributed by atoms with van der Waals surface area (Å²) < 4.78 is 5.37. The second-order valence-electron chi connectivity index (χ2n) is 7.31. The molecular formula is C21H26N2O3. The van der Waals surface area contributed by atoms with Crippen molar-refractivity contribution in [1.82, 2.24) is 10.3 Å². The highest BCUT2D eigenvalue weighted by Gasteiger charge is 2.24. The lowest BCUT2D eigenvalue weighted by atomic mass is 9.90. The fraction of sp³-hybridized carbons (Fsp3) is 0.476. The summed E-state index contributed by atoms with van der Waals surface area (Å²) in [6.07, 6.45) is 3.84. The highest BCUT2D eigenvalue weighted by molar-refractivity contribution is 6.05. The monoisotopic (exact) mass is 354 g/mol. The number of hydrogen-bond donors (Lipinski definition) is 1. The van der Waals surface area contributed by atoms with E-state index in [1.54, 1.807) is 0 Å². The van der Waals surface area contributed by atoms with E-state index in [0.717, 1.165) is 47.8 Å². The third-order valence-corrected chi connectivity index (χ3v) is 5.10. The van der Waals surface area contributed by atoms with Crippen molar-refractivity contribution in [2.45, 2.75) is 52.5 Å². The van der Waals surface area contributed by atoms with Crippen molar-refractivity contribution >= 4 is 22.8 Å². The van der Waals surface area contributed by atoms with Crippen molar-refractivity contribution in [2.24, 2.45) is 5.92 Å². The number of carbonyl (C=O) groups excluding carboxylic acids is 2. The minimum atomic E-state index is -0.436. The van der Waals surface area contributed by atoms with Crippen molar-refractivity contribution in [3.63, 3.8) is 0 Å². The molecule has 5 nitrogen and oxygen atoms in total. The summed E-state index contributed by atoms with van der Waals surface area (Å²) in [7, 11) is 0. The largest absolute Gasteiger partial charge is 0.452 e. The van der Waals surface area contributed by atoms with Crippen LogP contribution in [-0.4, -0.2) is 29.5 Å². The van der Waals surface area contributed by atoms with Crippen LogP contribution in [0.5, 0.6) is 0 Å². The van der Waals surface area contributed by atoms with E-state index in [4.69, 9.17) is 9.72 Å². The van der Waals surface area contributed by atoms with Crippen molar-refractivity contribution in [1.29, 1.82) is 0 Å². The van der Waals surface area contributed by atoms with Gasteiger partial charge in [-0.2, -0.15) is 0 Å². The number of pyridine rings is 1. The summed E-state index contributed by atoms with van der Waals surface area (Å²) in [5.41, 5.74) is 3.35. The zero-order valence-electron chi connectivity index (χ0n) is 15.7. The lowest BCUT2D eigenvalue weighted by Crippen LogP contribution is -2.38. The number of para-hydroxylation sites is 1. The maximum atomic E-state index is 12.8. The first-order chi connectivity index (χ1) is 12.5. The molecule has 1 aliphatic rings. The zero-order chi connectivity index (χ0) is 18.7. The summed E-state index contributed by atoms with van der Waals surface area (Å²) in [4.78, 5) is 29.6. The molecule has 1 aromatic heterocycles. The first kappa shape index (κ1) is 18.4. The number of aryl methyl sites for hydroxylation is 1. The van der Waals surface area contributed by atoms with E-state index >= 15 is 0 Å². The Morgan fingerprint density at radius 3 is 2.65 bits per heavy atom. The molecule has 1 aromatic carbocycles. The number of hydrogen-bond acceptors (Lipinski definition) is 4. The first-order valence-corrected chi connectivity index (χ1v) is 9.34. The molecule has 1 amide bonds. The molecule has 0 bridgehead atoms. The van der Waals surface area contributed by atoms with Gasteiger partial charge in [-0.3, -0.25) is 9.78 Å². The van der Waals surface area contributed by atoms with Crippen LogP contribution in [0.4, 0.5) is 0 Å². The van der Waals surface area contributed by atoms with Crippen LogP contribution in [-0.2, 0) is 22.4 Å². The predicted octanol–water partition coefficient (Wildman–Crippen LogP) is 3.43. The molecule has 2 aromatic rings. The fourth-order valence-corrected chi connectivity index (χ4v) is 3.27. The Morgan fingerprint density at radius 1 is 1.15 bits per heavy atom. The summed E-state index contributed by atoms with van der Waals surface area (Å²) in [6.45, 7) is 5.75. The van der Waals surface area contributed by atoms with E-state index in [1.165, 1.54) is 0 Å². The molecule has 0 radical (unpaired) electrons. The van der Waals surface area contributed by atoms with Gasteiger partial charge in [0, 0.05) is 17.1 Å². The highest BCUT2D eigenvalue weighted by atomic mass is 16.5. The second kappa shape index (κ2) is 7.85. The lowest BCUT2D eigenvalue weighted by Gasteiger charge is -2.20. The van der Waals surface area contributed by atoms with Gasteiger partial charge >= 0.3 is 5.97 Å². The number of fused-ring (bicyclic) bond motifs is 2. The molecule has 0 saturated carbocycles. The maximum absolute atomic E-state index is 12.8. The third kappa shape index (κ3) is 3.87. The van der Waals surface area contributed by atoms with E-state index in [-0.39, 0.29) is 18.6 Å². The zero-order valence-corrected chi connectivity index (χ0v) is 15.7. The second-order valence-corrected chi connectivity index (χ2v) is 7.31. The molecular weight excluding hydrogens is 328 g/mol. The topological polar surface area (TPSA) is 68.3 Å². The Bertz CT molecular complexity index is 829. The Hall–Kier alpha value is -2.43. The van der Waals surface area contributed by atoms with Crippen LogP contribution in [0.15, 0.2) is 24.3 Å². The molecule has 138 valence electrons. The number of rotatable bonds is 5. The van der Waals surface area contributed by atoms with Gasteiger partial charge in [-0.15, -0.1) is 0 Å². The van der Waals surface area contributed by atoms with E-state index < -0.39 is 5.97 Å². The molecule has 1 heterocycles. The molecule has 3 rings (SSSR count). The number of benzene rings is 1. The normalized spacial score (nSPS) is 14.8. The quantitative estimate of drug-likeness (QED) is 0.835. The van der Waals surface area contributed by atoms with E-state index in [0.29, 0.717) is 11.5 Å². The van der Waals surface area contributed by atoms with Crippen LogP contribution in [0.2, 0.25) is 0 Å². The standard InChI is InChI=1S/C21H26N2O3/c1-13(2)14(3)22-19(24)12-26-21(25)20-15-8-4-6-10-17(15)23-18-11-7-5-9-16(18)20/h4,6,8,10,13-14H,5,7,9,11-12H2,1-3H3,(H,22,24)/t14-/m1/s1. The number of ether oxygens (including phenoxy) is 1. The maximum Gasteiger partial charge on any atom is 0.339 e. The number of nitrogens with one attached hydrogen (secondary N) is 1. The minimum absolute atomic E-state index is 0.0377. The first-order valence-electron chi connectivity index (χ1n) is 9.34. The molecule has 0 unspecified atom stereocenters.